The second-order valence-corrected chi connectivity index (χ2v) is 9.50. The van der Waals surface area contributed by atoms with E-state index in [9.17, 15) is 0 Å². The summed E-state index contributed by atoms with van der Waals surface area (Å²) in [6.07, 6.45) is 4.08. The molecule has 196 valence electrons. The Morgan fingerprint density at radius 3 is 2.49 bits per heavy atom. The van der Waals surface area contributed by atoms with Gasteiger partial charge in [-0.05, 0) is 14.0 Å². The van der Waals surface area contributed by atoms with Crippen LogP contribution in [0, 0.1) is 11.6 Å². The monoisotopic (exact) mass is 531 g/mol. The van der Waals surface area contributed by atoms with Gasteiger partial charge in [0.25, 0.3) is 0 Å². The zero-order valence-electron chi connectivity index (χ0n) is 20.6. The third-order valence-electron chi connectivity index (χ3n) is 6.80. The molecule has 13 heteroatoms. The Morgan fingerprint density at radius 2 is 1.78 bits per heavy atom. The summed E-state index contributed by atoms with van der Waals surface area (Å²) >= 11 is 6.06. The molecule has 0 unspecified atom stereocenters. The molecular weight excluding hydrogens is 504 g/mol. The molecule has 1 aromatic carbocycles. The number of rotatable bonds is 5. The molecule has 0 spiro atoms. The summed E-state index contributed by atoms with van der Waals surface area (Å²) in [6.45, 7) is 6.43. The molecule has 37 heavy (non-hydrogen) atoms. The molecule has 0 amide bonds. The van der Waals surface area contributed by atoms with Gasteiger partial charge in [-0.2, -0.15) is 0 Å². The van der Waals surface area contributed by atoms with Crippen LogP contribution in [0.1, 0.15) is 6.92 Å². The number of benzene rings is 1. The maximum atomic E-state index is 16.2. The van der Waals surface area contributed by atoms with Crippen molar-refractivity contribution in [2.24, 2.45) is 0 Å². The maximum Gasteiger partial charge on any atom is 0.225 e. The van der Waals surface area contributed by atoms with Crippen LogP contribution in [0.2, 0.25) is 5.15 Å². The third-order valence-corrected chi connectivity index (χ3v) is 7.10. The van der Waals surface area contributed by atoms with Crippen molar-refractivity contribution < 1.29 is 13.5 Å². The first-order chi connectivity index (χ1) is 17.8. The highest BCUT2D eigenvalue weighted by Crippen LogP contribution is 2.40. The predicted molar refractivity (Wildman–Crippen MR) is 139 cm³/mol. The summed E-state index contributed by atoms with van der Waals surface area (Å²) in [5.74, 6) is -0.920. The minimum atomic E-state index is -0.807. The summed E-state index contributed by atoms with van der Waals surface area (Å²) in [7, 11) is 2.02. The highest BCUT2D eigenvalue weighted by molar-refractivity contribution is 6.32. The molecule has 4 heterocycles. The molecule has 2 aromatic heterocycles. The molecule has 3 aromatic rings. The lowest BCUT2D eigenvalue weighted by Crippen LogP contribution is -2.50. The van der Waals surface area contributed by atoms with Crippen LogP contribution in [0.5, 0.6) is 0 Å². The number of nitrogens with two attached hydrogens (primary N) is 1. The van der Waals surface area contributed by atoms with Crippen molar-refractivity contribution in [3.63, 3.8) is 0 Å². The summed E-state index contributed by atoms with van der Waals surface area (Å²) in [5.41, 5.74) is 6.46. The number of morpholine rings is 1. The number of ether oxygens (including phenoxy) is 1. The molecular formula is C24H28ClF2N9O. The second kappa shape index (κ2) is 10.6. The predicted octanol–water partition coefficient (Wildman–Crippen LogP) is 3.17. The van der Waals surface area contributed by atoms with Crippen LogP contribution in [0.4, 0.5) is 37.6 Å². The number of hydrogen-bond acceptors (Lipinski definition) is 10. The number of anilines is 5. The fraction of sp³-hybridized carbons (Fsp3) is 0.417. The molecule has 2 aliphatic heterocycles. The number of halogens is 3. The van der Waals surface area contributed by atoms with E-state index in [0.29, 0.717) is 51.0 Å². The minimum absolute atomic E-state index is 0.0297. The van der Waals surface area contributed by atoms with Gasteiger partial charge in [0.05, 0.1) is 24.5 Å². The summed E-state index contributed by atoms with van der Waals surface area (Å²) in [5, 5.41) is 2.98. The lowest BCUT2D eigenvalue weighted by Gasteiger charge is -2.40. The highest BCUT2D eigenvalue weighted by atomic mass is 35.5. The van der Waals surface area contributed by atoms with E-state index in [1.54, 1.807) is 0 Å². The van der Waals surface area contributed by atoms with Gasteiger partial charge in [0.15, 0.2) is 16.8 Å². The first-order valence-electron chi connectivity index (χ1n) is 12.0. The van der Waals surface area contributed by atoms with Crippen LogP contribution in [-0.4, -0.2) is 83.9 Å². The number of likely N-dealkylation sites (N-methyl/N-ethyl adjacent to an activating group) is 1. The lowest BCUT2D eigenvalue weighted by molar-refractivity contribution is 0.122. The largest absolute Gasteiger partial charge is 0.393 e. The summed E-state index contributed by atoms with van der Waals surface area (Å²) in [4.78, 5) is 22.8. The number of aromatic nitrogens is 4. The SMILES string of the molecule is C[C@H]1CN(c2cc(F)c(-c3cnc(N4CCOCC4)nc3)c(F)c2Nc2ncnc(Cl)c2N)CCN1C. The first-order valence-corrected chi connectivity index (χ1v) is 12.4. The van der Waals surface area contributed by atoms with Gasteiger partial charge in [0, 0.05) is 62.8 Å². The van der Waals surface area contributed by atoms with Crippen molar-refractivity contribution in [1.82, 2.24) is 24.8 Å². The average molecular weight is 532 g/mol. The van der Waals surface area contributed by atoms with Gasteiger partial charge in [-0.1, -0.05) is 11.6 Å². The molecule has 1 atom stereocenters. The van der Waals surface area contributed by atoms with Gasteiger partial charge >= 0.3 is 0 Å². The van der Waals surface area contributed by atoms with Gasteiger partial charge < -0.3 is 30.5 Å². The molecule has 0 radical (unpaired) electrons. The van der Waals surface area contributed by atoms with Crippen molar-refractivity contribution in [1.29, 1.82) is 0 Å². The van der Waals surface area contributed by atoms with Crippen molar-refractivity contribution in [2.45, 2.75) is 13.0 Å². The van der Waals surface area contributed by atoms with Crippen LogP contribution in [0.25, 0.3) is 11.1 Å². The van der Waals surface area contributed by atoms with Crippen molar-refractivity contribution >= 4 is 40.4 Å². The fourth-order valence-electron chi connectivity index (χ4n) is 4.48. The fourth-order valence-corrected chi connectivity index (χ4v) is 4.61. The average Bonchev–Trinajstić information content (AvgIpc) is 2.90. The van der Waals surface area contributed by atoms with Crippen LogP contribution in [0.15, 0.2) is 24.8 Å². The molecule has 0 bridgehead atoms. The quantitative estimate of drug-likeness (QED) is 0.476. The Balaban J connectivity index is 1.57. The Bertz CT molecular complexity index is 1270. The van der Waals surface area contributed by atoms with E-state index in [-0.39, 0.29) is 39.5 Å². The third kappa shape index (κ3) is 5.09. The first kappa shape index (κ1) is 25.3. The molecule has 3 N–H and O–H groups in total. The Morgan fingerprint density at radius 1 is 1.05 bits per heavy atom. The smallest absolute Gasteiger partial charge is 0.225 e. The Hall–Kier alpha value is -3.35. The normalized spacial score (nSPS) is 18.8. The van der Waals surface area contributed by atoms with Crippen LogP contribution >= 0.6 is 11.6 Å². The molecule has 10 nitrogen and oxygen atoms in total. The van der Waals surface area contributed by atoms with E-state index in [4.69, 9.17) is 22.1 Å². The van der Waals surface area contributed by atoms with Gasteiger partial charge in [-0.15, -0.1) is 0 Å². The number of nitrogens with one attached hydrogen (secondary N) is 1. The molecule has 2 saturated heterocycles. The highest BCUT2D eigenvalue weighted by Gasteiger charge is 2.28. The van der Waals surface area contributed by atoms with Crippen molar-refractivity contribution in [2.75, 3.05) is 73.8 Å². The van der Waals surface area contributed by atoms with E-state index in [2.05, 4.69) is 37.1 Å². The Labute approximate surface area is 218 Å². The van der Waals surface area contributed by atoms with E-state index < -0.39 is 11.6 Å². The number of nitrogens with zero attached hydrogens (tertiary/aromatic N) is 7. The van der Waals surface area contributed by atoms with Crippen LogP contribution in [0.3, 0.4) is 0 Å². The minimum Gasteiger partial charge on any atom is -0.393 e. The standard InChI is InChI=1S/C24H28ClF2N9O/c1-14-12-36(4-3-34(14)2)17-9-16(26)18(15-10-29-24(30-11-15)35-5-7-37-8-6-35)19(27)21(17)33-23-20(28)22(25)31-13-32-23/h9-11,13-14H,3-8,12,28H2,1-2H3,(H,31,32,33)/t14-/m0/s1. The van der Waals surface area contributed by atoms with Crippen LogP contribution < -0.4 is 20.9 Å². The van der Waals surface area contributed by atoms with Crippen molar-refractivity contribution in [3.05, 3.63) is 41.6 Å². The van der Waals surface area contributed by atoms with Crippen molar-refractivity contribution in [3.8, 4) is 11.1 Å². The van der Waals surface area contributed by atoms with Crippen LogP contribution in [-0.2, 0) is 4.74 Å². The number of nitrogen functional groups attached to an aromatic ring is 1. The zero-order valence-corrected chi connectivity index (χ0v) is 21.3. The maximum absolute atomic E-state index is 16.2. The zero-order chi connectivity index (χ0) is 26.1. The van der Waals surface area contributed by atoms with Gasteiger partial charge in [0.2, 0.25) is 5.95 Å². The van der Waals surface area contributed by atoms with Gasteiger partial charge in [-0.25, -0.2) is 28.7 Å². The second-order valence-electron chi connectivity index (χ2n) is 9.14. The van der Waals surface area contributed by atoms with E-state index in [1.165, 1.54) is 24.8 Å². The lowest BCUT2D eigenvalue weighted by atomic mass is 10.0. The van der Waals surface area contributed by atoms with E-state index in [0.717, 1.165) is 6.54 Å². The number of piperazine rings is 1. The number of hydrogen-bond donors (Lipinski definition) is 2. The van der Waals surface area contributed by atoms with Gasteiger partial charge in [0.1, 0.15) is 23.5 Å². The van der Waals surface area contributed by atoms with E-state index in [1.807, 2.05) is 16.8 Å². The molecule has 0 saturated carbocycles. The summed E-state index contributed by atoms with van der Waals surface area (Å²) in [6, 6.07) is 1.51. The molecule has 2 fully saturated rings. The molecule has 5 rings (SSSR count). The topological polar surface area (TPSA) is 109 Å². The van der Waals surface area contributed by atoms with Gasteiger partial charge in [-0.3, -0.25) is 0 Å². The molecule has 2 aliphatic rings. The Kier molecular flexibility index (Phi) is 7.22. The molecule has 0 aliphatic carbocycles. The summed E-state index contributed by atoms with van der Waals surface area (Å²) < 4.78 is 37.2. The van der Waals surface area contributed by atoms with E-state index >= 15 is 8.78 Å².